The van der Waals surface area contributed by atoms with Crippen molar-refractivity contribution in [3.05, 3.63) is 66.2 Å². The highest BCUT2D eigenvalue weighted by Gasteiger charge is 2.05. The summed E-state index contributed by atoms with van der Waals surface area (Å²) in [5, 5.41) is 14.5. The fourth-order valence-electron chi connectivity index (χ4n) is 1.91. The average Bonchev–Trinajstić information content (AvgIpc) is 3.14. The first-order valence-electron chi connectivity index (χ1n) is 7.18. The SMILES string of the molecule is O=C(COc1ccc(-n2cccn2)nn1)NCc1ccc(F)cc1. The van der Waals surface area contributed by atoms with Gasteiger partial charge in [-0.2, -0.15) is 5.10 Å². The molecule has 2 aromatic heterocycles. The standard InChI is InChI=1S/C16H14FN5O2/c17-13-4-2-12(3-5-13)10-18-15(23)11-24-16-7-6-14(20-21-16)22-9-1-8-19-22/h1-9H,10-11H2,(H,18,23). The van der Waals surface area contributed by atoms with Crippen LogP contribution in [0.4, 0.5) is 4.39 Å². The molecule has 1 N–H and O–H groups in total. The maximum Gasteiger partial charge on any atom is 0.258 e. The monoisotopic (exact) mass is 327 g/mol. The number of aromatic nitrogens is 4. The number of hydrogen-bond acceptors (Lipinski definition) is 5. The van der Waals surface area contributed by atoms with Crippen LogP contribution in [0, 0.1) is 5.82 Å². The lowest BCUT2D eigenvalue weighted by Gasteiger charge is -2.07. The molecule has 0 aliphatic heterocycles. The Hall–Kier alpha value is -3.29. The van der Waals surface area contributed by atoms with E-state index in [1.807, 2.05) is 0 Å². The second kappa shape index (κ2) is 7.32. The number of carbonyl (C=O) groups excluding carboxylic acids is 1. The van der Waals surface area contributed by atoms with Crippen LogP contribution in [0.2, 0.25) is 0 Å². The van der Waals surface area contributed by atoms with E-state index >= 15 is 0 Å². The Kier molecular flexibility index (Phi) is 4.76. The predicted octanol–water partition coefficient (Wildman–Crippen LogP) is 1.50. The molecule has 122 valence electrons. The van der Waals surface area contributed by atoms with Crippen molar-refractivity contribution >= 4 is 5.91 Å². The van der Waals surface area contributed by atoms with E-state index in [1.54, 1.807) is 47.4 Å². The van der Waals surface area contributed by atoms with Gasteiger partial charge in [0.1, 0.15) is 5.82 Å². The molecule has 0 atom stereocenters. The highest BCUT2D eigenvalue weighted by atomic mass is 19.1. The van der Waals surface area contributed by atoms with Crippen molar-refractivity contribution in [2.24, 2.45) is 0 Å². The molecular formula is C16H14FN5O2. The first kappa shape index (κ1) is 15.6. The van der Waals surface area contributed by atoms with Gasteiger partial charge in [-0.1, -0.05) is 12.1 Å². The van der Waals surface area contributed by atoms with Crippen LogP contribution in [0.25, 0.3) is 5.82 Å². The van der Waals surface area contributed by atoms with Gasteiger partial charge in [-0.3, -0.25) is 4.79 Å². The summed E-state index contributed by atoms with van der Waals surface area (Å²) in [4.78, 5) is 11.7. The Bertz CT molecular complexity index is 788. The molecule has 3 rings (SSSR count). The molecule has 0 radical (unpaired) electrons. The summed E-state index contributed by atoms with van der Waals surface area (Å²) in [5.41, 5.74) is 0.799. The van der Waals surface area contributed by atoms with Gasteiger partial charge in [-0.25, -0.2) is 9.07 Å². The van der Waals surface area contributed by atoms with E-state index < -0.39 is 0 Å². The van der Waals surface area contributed by atoms with Crippen LogP contribution in [0.3, 0.4) is 0 Å². The smallest absolute Gasteiger partial charge is 0.258 e. The lowest BCUT2D eigenvalue weighted by atomic mass is 10.2. The first-order chi connectivity index (χ1) is 11.7. The number of carbonyl (C=O) groups is 1. The Morgan fingerprint density at radius 2 is 2.00 bits per heavy atom. The van der Waals surface area contributed by atoms with Crippen molar-refractivity contribution in [1.29, 1.82) is 0 Å². The fraction of sp³-hybridized carbons (Fsp3) is 0.125. The number of halogens is 1. The van der Waals surface area contributed by atoms with E-state index in [0.717, 1.165) is 5.56 Å². The minimum absolute atomic E-state index is 0.184. The van der Waals surface area contributed by atoms with E-state index in [2.05, 4.69) is 20.6 Å². The van der Waals surface area contributed by atoms with Crippen LogP contribution < -0.4 is 10.1 Å². The van der Waals surface area contributed by atoms with Gasteiger partial charge in [-0.05, 0) is 29.8 Å². The Morgan fingerprint density at radius 1 is 1.17 bits per heavy atom. The number of nitrogens with one attached hydrogen (secondary N) is 1. The van der Waals surface area contributed by atoms with E-state index in [0.29, 0.717) is 12.4 Å². The second-order valence-corrected chi connectivity index (χ2v) is 4.87. The van der Waals surface area contributed by atoms with Crippen molar-refractivity contribution in [2.75, 3.05) is 6.61 Å². The maximum absolute atomic E-state index is 12.8. The summed E-state index contributed by atoms with van der Waals surface area (Å²) in [7, 11) is 0. The summed E-state index contributed by atoms with van der Waals surface area (Å²) >= 11 is 0. The van der Waals surface area contributed by atoms with Crippen molar-refractivity contribution in [1.82, 2.24) is 25.3 Å². The number of nitrogens with zero attached hydrogens (tertiary/aromatic N) is 4. The van der Waals surface area contributed by atoms with Crippen molar-refractivity contribution in [3.8, 4) is 11.7 Å². The van der Waals surface area contributed by atoms with Gasteiger partial charge in [0.25, 0.3) is 5.91 Å². The van der Waals surface area contributed by atoms with Crippen LogP contribution in [0.5, 0.6) is 5.88 Å². The Labute approximate surface area is 137 Å². The zero-order valence-electron chi connectivity index (χ0n) is 12.6. The largest absolute Gasteiger partial charge is 0.466 e. The van der Waals surface area contributed by atoms with Crippen LogP contribution >= 0.6 is 0 Å². The summed E-state index contributed by atoms with van der Waals surface area (Å²) in [6.07, 6.45) is 3.38. The first-order valence-corrected chi connectivity index (χ1v) is 7.18. The van der Waals surface area contributed by atoms with Gasteiger partial charge < -0.3 is 10.1 Å². The average molecular weight is 327 g/mol. The number of hydrogen-bond donors (Lipinski definition) is 1. The summed E-state index contributed by atoms with van der Waals surface area (Å²) in [6, 6.07) is 11.0. The Balaban J connectivity index is 1.46. The molecule has 8 heteroatoms. The molecule has 0 saturated carbocycles. The van der Waals surface area contributed by atoms with Gasteiger partial charge in [0, 0.05) is 25.0 Å². The molecule has 0 aliphatic rings. The molecule has 0 spiro atoms. The van der Waals surface area contributed by atoms with Gasteiger partial charge in [0.15, 0.2) is 12.4 Å². The maximum atomic E-state index is 12.8. The quantitative estimate of drug-likeness (QED) is 0.742. The van der Waals surface area contributed by atoms with Crippen molar-refractivity contribution < 1.29 is 13.9 Å². The van der Waals surface area contributed by atoms with E-state index in [9.17, 15) is 9.18 Å². The molecule has 0 saturated heterocycles. The van der Waals surface area contributed by atoms with E-state index in [4.69, 9.17) is 4.74 Å². The second-order valence-electron chi connectivity index (χ2n) is 4.87. The molecule has 7 nitrogen and oxygen atoms in total. The summed E-state index contributed by atoms with van der Waals surface area (Å²) < 4.78 is 19.6. The number of amides is 1. The van der Waals surface area contributed by atoms with E-state index in [1.165, 1.54) is 12.1 Å². The third-order valence-corrected chi connectivity index (χ3v) is 3.12. The zero-order chi connectivity index (χ0) is 16.8. The van der Waals surface area contributed by atoms with E-state index in [-0.39, 0.29) is 24.2 Å². The van der Waals surface area contributed by atoms with Crippen LogP contribution in [-0.4, -0.2) is 32.5 Å². The third kappa shape index (κ3) is 4.13. The van der Waals surface area contributed by atoms with Crippen molar-refractivity contribution in [2.45, 2.75) is 6.54 Å². The third-order valence-electron chi connectivity index (χ3n) is 3.12. The molecule has 0 fully saturated rings. The van der Waals surface area contributed by atoms with Gasteiger partial charge >= 0.3 is 0 Å². The predicted molar refractivity (Wildman–Crippen MR) is 82.9 cm³/mol. The molecule has 3 aromatic rings. The summed E-state index contributed by atoms with van der Waals surface area (Å²) in [6.45, 7) is 0.114. The van der Waals surface area contributed by atoms with Crippen LogP contribution in [-0.2, 0) is 11.3 Å². The fourth-order valence-corrected chi connectivity index (χ4v) is 1.91. The van der Waals surface area contributed by atoms with Crippen LogP contribution in [0.15, 0.2) is 54.9 Å². The molecule has 2 heterocycles. The highest BCUT2D eigenvalue weighted by Crippen LogP contribution is 2.07. The van der Waals surface area contributed by atoms with Gasteiger partial charge in [0.05, 0.1) is 0 Å². The molecule has 0 bridgehead atoms. The molecule has 1 aromatic carbocycles. The van der Waals surface area contributed by atoms with Gasteiger partial charge in [0.2, 0.25) is 5.88 Å². The van der Waals surface area contributed by atoms with Gasteiger partial charge in [-0.15, -0.1) is 10.2 Å². The number of rotatable bonds is 6. The zero-order valence-corrected chi connectivity index (χ0v) is 12.6. The Morgan fingerprint density at radius 3 is 2.67 bits per heavy atom. The summed E-state index contributed by atoms with van der Waals surface area (Å²) in [5.74, 6) is 0.166. The number of benzene rings is 1. The molecule has 0 aliphatic carbocycles. The lowest BCUT2D eigenvalue weighted by Crippen LogP contribution is -2.28. The van der Waals surface area contributed by atoms with Crippen LogP contribution in [0.1, 0.15) is 5.56 Å². The minimum atomic E-state index is -0.314. The van der Waals surface area contributed by atoms with Crippen molar-refractivity contribution in [3.63, 3.8) is 0 Å². The highest BCUT2D eigenvalue weighted by molar-refractivity contribution is 5.77. The molecule has 24 heavy (non-hydrogen) atoms. The lowest BCUT2D eigenvalue weighted by molar-refractivity contribution is -0.123. The molecule has 0 unspecified atom stereocenters. The normalized spacial score (nSPS) is 10.4. The molecular weight excluding hydrogens is 313 g/mol. The number of ether oxygens (including phenoxy) is 1. The molecule has 1 amide bonds. The topological polar surface area (TPSA) is 81.9 Å². The minimum Gasteiger partial charge on any atom is -0.466 e.